The molecular formula is C23H27N3O6. The van der Waals surface area contributed by atoms with Crippen LogP contribution < -0.4 is 30.8 Å². The van der Waals surface area contributed by atoms with Gasteiger partial charge in [0.15, 0.2) is 11.5 Å². The Morgan fingerprint density at radius 1 is 0.969 bits per heavy atom. The van der Waals surface area contributed by atoms with E-state index in [0.29, 0.717) is 48.2 Å². The minimum absolute atomic E-state index is 0.0857. The summed E-state index contributed by atoms with van der Waals surface area (Å²) in [7, 11) is 4.56. The largest absolute Gasteiger partial charge is 0.497 e. The van der Waals surface area contributed by atoms with Crippen LogP contribution in [0.25, 0.3) is 10.9 Å². The molecule has 0 aliphatic rings. The van der Waals surface area contributed by atoms with Gasteiger partial charge in [0.05, 0.1) is 32.2 Å². The van der Waals surface area contributed by atoms with E-state index in [-0.39, 0.29) is 12.5 Å². The molecule has 0 saturated heterocycles. The molecule has 0 atom stereocenters. The zero-order valence-corrected chi connectivity index (χ0v) is 18.4. The highest BCUT2D eigenvalue weighted by Gasteiger charge is 2.13. The van der Waals surface area contributed by atoms with Crippen LogP contribution in [0.3, 0.4) is 0 Å². The fourth-order valence-corrected chi connectivity index (χ4v) is 3.37. The van der Waals surface area contributed by atoms with E-state index in [1.165, 1.54) is 14.2 Å². The van der Waals surface area contributed by atoms with E-state index in [1.807, 2.05) is 24.3 Å². The van der Waals surface area contributed by atoms with E-state index in [4.69, 9.17) is 14.2 Å². The third kappa shape index (κ3) is 5.29. The van der Waals surface area contributed by atoms with Crippen LogP contribution in [0.1, 0.15) is 24.8 Å². The SMILES string of the molecule is COc1ccc(CNC(=O)CCCCn2c(=O)[nH]c3cc(OC)c(OC)cc3c2=O)cc1. The molecule has 0 unspecified atom stereocenters. The molecule has 9 heteroatoms. The van der Waals surface area contributed by atoms with Crippen LogP contribution in [0.5, 0.6) is 17.2 Å². The van der Waals surface area contributed by atoms with Gasteiger partial charge >= 0.3 is 5.69 Å². The third-order valence-electron chi connectivity index (χ3n) is 5.17. The van der Waals surface area contributed by atoms with Crippen molar-refractivity contribution in [1.29, 1.82) is 0 Å². The Balaban J connectivity index is 1.57. The second-order valence-corrected chi connectivity index (χ2v) is 7.22. The highest BCUT2D eigenvalue weighted by molar-refractivity contribution is 5.81. The van der Waals surface area contributed by atoms with Gasteiger partial charge in [-0.1, -0.05) is 12.1 Å². The van der Waals surface area contributed by atoms with Crippen molar-refractivity contribution < 1.29 is 19.0 Å². The van der Waals surface area contributed by atoms with Crippen LogP contribution in [-0.4, -0.2) is 36.8 Å². The lowest BCUT2D eigenvalue weighted by molar-refractivity contribution is -0.121. The first kappa shape index (κ1) is 22.9. The van der Waals surface area contributed by atoms with E-state index in [9.17, 15) is 14.4 Å². The van der Waals surface area contributed by atoms with Gasteiger partial charge in [0, 0.05) is 25.6 Å². The van der Waals surface area contributed by atoms with Crippen molar-refractivity contribution in [2.45, 2.75) is 32.4 Å². The summed E-state index contributed by atoms with van der Waals surface area (Å²) in [5.74, 6) is 1.51. The van der Waals surface area contributed by atoms with Crippen molar-refractivity contribution in [3.63, 3.8) is 0 Å². The van der Waals surface area contributed by atoms with Crippen LogP contribution in [-0.2, 0) is 17.9 Å². The lowest BCUT2D eigenvalue weighted by Gasteiger charge is -2.11. The highest BCUT2D eigenvalue weighted by Crippen LogP contribution is 2.29. The molecule has 1 heterocycles. The number of benzene rings is 2. The highest BCUT2D eigenvalue weighted by atomic mass is 16.5. The summed E-state index contributed by atoms with van der Waals surface area (Å²) in [6.07, 6.45) is 1.36. The van der Waals surface area contributed by atoms with E-state index in [2.05, 4.69) is 10.3 Å². The van der Waals surface area contributed by atoms with Gasteiger partial charge in [-0.05, 0) is 36.6 Å². The summed E-state index contributed by atoms with van der Waals surface area (Å²) in [6.45, 7) is 0.641. The third-order valence-corrected chi connectivity index (χ3v) is 5.17. The average Bonchev–Trinajstić information content (AvgIpc) is 2.81. The van der Waals surface area contributed by atoms with Gasteiger partial charge in [0.1, 0.15) is 5.75 Å². The second kappa shape index (κ2) is 10.5. The number of aromatic nitrogens is 2. The van der Waals surface area contributed by atoms with Crippen molar-refractivity contribution in [2.24, 2.45) is 0 Å². The summed E-state index contributed by atoms with van der Waals surface area (Å²) in [4.78, 5) is 40.0. The molecule has 32 heavy (non-hydrogen) atoms. The number of nitrogens with zero attached hydrogens (tertiary/aromatic N) is 1. The van der Waals surface area contributed by atoms with Crippen LogP contribution in [0.15, 0.2) is 46.0 Å². The minimum atomic E-state index is -0.501. The maximum atomic E-state index is 12.8. The Labute approximate surface area is 184 Å². The molecule has 0 aliphatic heterocycles. The van der Waals surface area contributed by atoms with Crippen molar-refractivity contribution >= 4 is 16.8 Å². The molecular weight excluding hydrogens is 414 g/mol. The first-order valence-electron chi connectivity index (χ1n) is 10.2. The fraction of sp³-hybridized carbons (Fsp3) is 0.348. The number of methoxy groups -OCH3 is 3. The molecule has 2 N–H and O–H groups in total. The Kier molecular flexibility index (Phi) is 7.54. The Morgan fingerprint density at radius 3 is 2.31 bits per heavy atom. The van der Waals surface area contributed by atoms with Crippen molar-refractivity contribution in [3.05, 3.63) is 62.8 Å². The fourth-order valence-electron chi connectivity index (χ4n) is 3.37. The number of amides is 1. The van der Waals surface area contributed by atoms with Crippen LogP contribution in [0, 0.1) is 0 Å². The zero-order valence-electron chi connectivity index (χ0n) is 18.4. The molecule has 0 aliphatic carbocycles. The summed E-state index contributed by atoms with van der Waals surface area (Å²) in [5, 5.41) is 3.20. The first-order chi connectivity index (χ1) is 15.5. The van der Waals surface area contributed by atoms with Gasteiger partial charge in [-0.15, -0.1) is 0 Å². The van der Waals surface area contributed by atoms with E-state index in [0.717, 1.165) is 15.9 Å². The number of carbonyl (C=O) groups is 1. The summed E-state index contributed by atoms with van der Waals surface area (Å²) in [6, 6.07) is 10.6. The Bertz CT molecular complexity index is 1200. The number of aromatic amines is 1. The van der Waals surface area contributed by atoms with Gasteiger partial charge in [-0.3, -0.25) is 14.2 Å². The number of fused-ring (bicyclic) bond motifs is 1. The Morgan fingerprint density at radius 2 is 1.66 bits per heavy atom. The maximum absolute atomic E-state index is 12.8. The molecule has 170 valence electrons. The quantitative estimate of drug-likeness (QED) is 0.467. The van der Waals surface area contributed by atoms with Gasteiger partial charge in [-0.2, -0.15) is 0 Å². The molecule has 3 rings (SSSR count). The smallest absolute Gasteiger partial charge is 0.328 e. The molecule has 0 radical (unpaired) electrons. The van der Waals surface area contributed by atoms with Crippen LogP contribution in [0.4, 0.5) is 0 Å². The zero-order chi connectivity index (χ0) is 23.1. The number of hydrogen-bond donors (Lipinski definition) is 2. The minimum Gasteiger partial charge on any atom is -0.497 e. The number of nitrogens with one attached hydrogen (secondary N) is 2. The van der Waals surface area contributed by atoms with Gasteiger partial charge in [0.25, 0.3) is 5.56 Å². The van der Waals surface area contributed by atoms with Crippen molar-refractivity contribution in [1.82, 2.24) is 14.9 Å². The molecule has 9 nitrogen and oxygen atoms in total. The predicted molar refractivity (Wildman–Crippen MR) is 121 cm³/mol. The lowest BCUT2D eigenvalue weighted by atomic mass is 10.2. The standard InChI is InChI=1S/C23H27N3O6/c1-30-16-9-7-15(8-10-16)14-24-21(27)6-4-5-11-26-22(28)17-12-19(31-2)20(32-3)13-18(17)25-23(26)29/h7-10,12-13H,4-6,11,14H2,1-3H3,(H,24,27)(H,25,29). The summed E-state index contributed by atoms with van der Waals surface area (Å²) >= 11 is 0. The molecule has 1 aromatic heterocycles. The maximum Gasteiger partial charge on any atom is 0.328 e. The van der Waals surface area contributed by atoms with E-state index >= 15 is 0 Å². The van der Waals surface area contributed by atoms with Gasteiger partial charge in [0.2, 0.25) is 5.91 Å². The lowest BCUT2D eigenvalue weighted by Crippen LogP contribution is -2.35. The normalized spacial score (nSPS) is 10.7. The van der Waals surface area contributed by atoms with E-state index < -0.39 is 11.2 Å². The number of H-pyrrole nitrogens is 1. The number of unbranched alkanes of at least 4 members (excludes halogenated alkanes) is 1. The topological polar surface area (TPSA) is 112 Å². The summed E-state index contributed by atoms with van der Waals surface area (Å²) < 4.78 is 16.7. The monoisotopic (exact) mass is 441 g/mol. The van der Waals surface area contributed by atoms with Crippen molar-refractivity contribution in [2.75, 3.05) is 21.3 Å². The molecule has 2 aromatic carbocycles. The molecule has 3 aromatic rings. The predicted octanol–water partition coefficient (Wildman–Crippen LogP) is 2.20. The molecule has 0 fully saturated rings. The average molecular weight is 441 g/mol. The van der Waals surface area contributed by atoms with Crippen LogP contribution >= 0.6 is 0 Å². The number of hydrogen-bond acceptors (Lipinski definition) is 6. The number of ether oxygens (including phenoxy) is 3. The molecule has 0 saturated carbocycles. The first-order valence-corrected chi connectivity index (χ1v) is 10.2. The van der Waals surface area contributed by atoms with Gasteiger partial charge < -0.3 is 24.5 Å². The second-order valence-electron chi connectivity index (χ2n) is 7.22. The molecule has 1 amide bonds. The molecule has 0 bridgehead atoms. The summed E-state index contributed by atoms with van der Waals surface area (Å²) in [5.41, 5.74) is 0.444. The van der Waals surface area contributed by atoms with Gasteiger partial charge in [-0.25, -0.2) is 4.79 Å². The number of carbonyl (C=O) groups excluding carboxylic acids is 1. The van der Waals surface area contributed by atoms with Crippen molar-refractivity contribution in [3.8, 4) is 17.2 Å². The Hall–Kier alpha value is -3.75. The molecule has 0 spiro atoms. The van der Waals surface area contributed by atoms with Crippen LogP contribution in [0.2, 0.25) is 0 Å². The van der Waals surface area contributed by atoms with E-state index in [1.54, 1.807) is 19.2 Å². The number of rotatable bonds is 10.